The van der Waals surface area contributed by atoms with Gasteiger partial charge in [0, 0.05) is 25.5 Å². The van der Waals surface area contributed by atoms with Crippen LogP contribution in [0.5, 0.6) is 0 Å². The van der Waals surface area contributed by atoms with E-state index in [2.05, 4.69) is 10.4 Å². The first-order valence-electron chi connectivity index (χ1n) is 10.1. The molecule has 3 aromatic rings. The Balaban J connectivity index is 1.63. The minimum Gasteiger partial charge on any atom is -0.339 e. The number of nitrogens with one attached hydrogen (secondary N) is 1. The van der Waals surface area contributed by atoms with E-state index in [-0.39, 0.29) is 23.8 Å². The highest BCUT2D eigenvalue weighted by Gasteiger charge is 2.23. The zero-order valence-electron chi connectivity index (χ0n) is 17.1. The molecule has 30 heavy (non-hydrogen) atoms. The molecule has 2 aromatic carbocycles. The van der Waals surface area contributed by atoms with Gasteiger partial charge in [0.05, 0.1) is 28.8 Å². The highest BCUT2D eigenvalue weighted by atomic mass is 16.2. The number of hydrogen-bond acceptors (Lipinski definition) is 4. The van der Waals surface area contributed by atoms with Crippen LogP contribution in [-0.2, 0) is 18.3 Å². The lowest BCUT2D eigenvalue weighted by Crippen LogP contribution is -2.29. The summed E-state index contributed by atoms with van der Waals surface area (Å²) in [5.41, 5.74) is 2.18. The topological polar surface area (TPSA) is 84.3 Å². The second-order valence-electron chi connectivity index (χ2n) is 7.64. The minimum absolute atomic E-state index is 0.000310. The third-order valence-electron chi connectivity index (χ3n) is 5.52. The van der Waals surface area contributed by atoms with Gasteiger partial charge < -0.3 is 10.2 Å². The van der Waals surface area contributed by atoms with Crippen molar-refractivity contribution < 1.29 is 9.59 Å². The number of rotatable bonds is 4. The first-order valence-corrected chi connectivity index (χ1v) is 10.1. The molecule has 0 aliphatic carbocycles. The molecule has 0 atom stereocenters. The van der Waals surface area contributed by atoms with Crippen LogP contribution < -0.4 is 10.9 Å². The summed E-state index contributed by atoms with van der Waals surface area (Å²) in [6.07, 6.45) is 2.01. The zero-order valence-corrected chi connectivity index (χ0v) is 17.1. The van der Waals surface area contributed by atoms with Crippen LogP contribution >= 0.6 is 0 Å². The Labute approximate surface area is 174 Å². The maximum absolute atomic E-state index is 12.9. The number of para-hydroxylation sites is 1. The number of anilines is 1. The van der Waals surface area contributed by atoms with Crippen LogP contribution in [-0.4, -0.2) is 39.6 Å². The van der Waals surface area contributed by atoms with Crippen LogP contribution in [0.3, 0.4) is 0 Å². The molecule has 0 spiro atoms. The fourth-order valence-corrected chi connectivity index (χ4v) is 3.94. The predicted molar refractivity (Wildman–Crippen MR) is 116 cm³/mol. The summed E-state index contributed by atoms with van der Waals surface area (Å²) in [5, 5.41) is 8.40. The van der Waals surface area contributed by atoms with Crippen molar-refractivity contribution in [2.75, 3.05) is 18.4 Å². The van der Waals surface area contributed by atoms with Crippen molar-refractivity contribution in [2.24, 2.45) is 7.05 Å². The number of fused-ring (bicyclic) bond motifs is 1. The van der Waals surface area contributed by atoms with E-state index >= 15 is 0 Å². The van der Waals surface area contributed by atoms with E-state index in [1.807, 2.05) is 30.0 Å². The van der Waals surface area contributed by atoms with Crippen molar-refractivity contribution in [3.63, 3.8) is 0 Å². The maximum atomic E-state index is 12.9. The molecule has 1 aromatic heterocycles. The number of hydrogen-bond donors (Lipinski definition) is 1. The van der Waals surface area contributed by atoms with Gasteiger partial charge in [0.25, 0.3) is 11.5 Å². The van der Waals surface area contributed by atoms with Gasteiger partial charge in [0.15, 0.2) is 0 Å². The molecule has 1 fully saturated rings. The molecule has 1 N–H and O–H groups in total. The molecular weight excluding hydrogens is 380 g/mol. The molecule has 2 heterocycles. The highest BCUT2D eigenvalue weighted by molar-refractivity contribution is 6.05. The first-order chi connectivity index (χ1) is 14.5. The van der Waals surface area contributed by atoms with Gasteiger partial charge in [-0.25, -0.2) is 4.68 Å². The van der Waals surface area contributed by atoms with E-state index in [1.54, 1.807) is 31.3 Å². The van der Waals surface area contributed by atoms with Crippen molar-refractivity contribution in [1.29, 1.82) is 0 Å². The number of benzene rings is 2. The molecule has 154 valence electrons. The van der Waals surface area contributed by atoms with Gasteiger partial charge in [0.2, 0.25) is 5.91 Å². The van der Waals surface area contributed by atoms with Crippen molar-refractivity contribution in [1.82, 2.24) is 14.7 Å². The summed E-state index contributed by atoms with van der Waals surface area (Å²) in [4.78, 5) is 40.0. The van der Waals surface area contributed by atoms with Crippen molar-refractivity contribution in [3.8, 4) is 0 Å². The summed E-state index contributed by atoms with van der Waals surface area (Å²) in [5.74, 6) is -0.340. The highest BCUT2D eigenvalue weighted by Crippen LogP contribution is 2.24. The average molecular weight is 404 g/mol. The number of carbonyl (C=O) groups excluding carboxylic acids is 2. The summed E-state index contributed by atoms with van der Waals surface area (Å²) in [7, 11) is 1.57. The molecule has 4 rings (SSSR count). The van der Waals surface area contributed by atoms with Crippen LogP contribution in [0, 0.1) is 6.92 Å². The third-order valence-corrected chi connectivity index (χ3v) is 5.52. The van der Waals surface area contributed by atoms with E-state index in [0.29, 0.717) is 27.7 Å². The van der Waals surface area contributed by atoms with Crippen molar-refractivity contribution in [2.45, 2.75) is 26.2 Å². The largest absolute Gasteiger partial charge is 0.339 e. The SMILES string of the molecule is Cc1cccc(C(=O)N2CCCC2)c1NC(=O)Cc1nn(C)c(=O)c2ccccc12. The van der Waals surface area contributed by atoms with Gasteiger partial charge in [-0.3, -0.25) is 14.4 Å². The summed E-state index contributed by atoms with van der Waals surface area (Å²) in [6, 6.07) is 12.6. The number of carbonyl (C=O) groups is 2. The third kappa shape index (κ3) is 3.70. The number of aromatic nitrogens is 2. The van der Waals surface area contributed by atoms with Crippen molar-refractivity contribution >= 4 is 28.3 Å². The fourth-order valence-electron chi connectivity index (χ4n) is 3.94. The van der Waals surface area contributed by atoms with Crippen LogP contribution in [0.15, 0.2) is 47.3 Å². The molecule has 1 aliphatic heterocycles. The Morgan fingerprint density at radius 1 is 1.03 bits per heavy atom. The smallest absolute Gasteiger partial charge is 0.274 e. The Hall–Kier alpha value is -3.48. The molecule has 2 amide bonds. The average Bonchev–Trinajstić information content (AvgIpc) is 3.28. The molecule has 7 heteroatoms. The lowest BCUT2D eigenvalue weighted by Gasteiger charge is -2.19. The van der Waals surface area contributed by atoms with Gasteiger partial charge in [-0.05, 0) is 37.5 Å². The number of aryl methyl sites for hydroxylation is 2. The Kier molecular flexibility index (Phi) is 5.35. The molecule has 0 bridgehead atoms. The zero-order chi connectivity index (χ0) is 21.3. The van der Waals surface area contributed by atoms with Gasteiger partial charge in [-0.2, -0.15) is 5.10 Å². The summed E-state index contributed by atoms with van der Waals surface area (Å²) >= 11 is 0. The molecule has 0 radical (unpaired) electrons. The predicted octanol–water partition coefficient (Wildman–Crippen LogP) is 2.66. The Bertz CT molecular complexity index is 1190. The Morgan fingerprint density at radius 3 is 2.47 bits per heavy atom. The van der Waals surface area contributed by atoms with E-state index in [4.69, 9.17) is 0 Å². The second-order valence-corrected chi connectivity index (χ2v) is 7.64. The van der Waals surface area contributed by atoms with Gasteiger partial charge in [-0.15, -0.1) is 0 Å². The molecular formula is C23H24N4O3. The van der Waals surface area contributed by atoms with E-state index in [1.165, 1.54) is 4.68 Å². The maximum Gasteiger partial charge on any atom is 0.274 e. The van der Waals surface area contributed by atoms with Gasteiger partial charge in [0.1, 0.15) is 0 Å². The number of likely N-dealkylation sites (tertiary alicyclic amines) is 1. The molecule has 7 nitrogen and oxygen atoms in total. The van der Waals surface area contributed by atoms with E-state index < -0.39 is 0 Å². The monoisotopic (exact) mass is 404 g/mol. The van der Waals surface area contributed by atoms with Crippen LogP contribution in [0.25, 0.3) is 10.8 Å². The normalized spacial score (nSPS) is 13.6. The summed E-state index contributed by atoms with van der Waals surface area (Å²) < 4.78 is 1.25. The Morgan fingerprint density at radius 2 is 1.73 bits per heavy atom. The van der Waals surface area contributed by atoms with Crippen molar-refractivity contribution in [3.05, 3.63) is 69.6 Å². The summed E-state index contributed by atoms with van der Waals surface area (Å²) in [6.45, 7) is 3.36. The van der Waals surface area contributed by atoms with Gasteiger partial charge >= 0.3 is 0 Å². The first kappa shape index (κ1) is 19.8. The van der Waals surface area contributed by atoms with E-state index in [0.717, 1.165) is 31.5 Å². The standard InChI is InChI=1S/C23H24N4O3/c1-15-8-7-11-18(23(30)27-12-5-6-13-27)21(15)24-20(28)14-19-16-9-3-4-10-17(16)22(29)26(2)25-19/h3-4,7-11H,5-6,12-14H2,1-2H3,(H,24,28). The minimum atomic E-state index is -0.281. The molecule has 1 saturated heterocycles. The lowest BCUT2D eigenvalue weighted by atomic mass is 10.1. The molecule has 0 saturated carbocycles. The van der Waals surface area contributed by atoms with Crippen LogP contribution in [0.1, 0.15) is 34.5 Å². The molecule has 0 unspecified atom stereocenters. The molecule has 1 aliphatic rings. The van der Waals surface area contributed by atoms with Gasteiger partial charge in [-0.1, -0.05) is 30.3 Å². The second kappa shape index (κ2) is 8.10. The quantitative estimate of drug-likeness (QED) is 0.725. The lowest BCUT2D eigenvalue weighted by molar-refractivity contribution is -0.115. The van der Waals surface area contributed by atoms with Crippen LogP contribution in [0.2, 0.25) is 0 Å². The fraction of sp³-hybridized carbons (Fsp3) is 0.304. The number of amides is 2. The van der Waals surface area contributed by atoms with Crippen LogP contribution in [0.4, 0.5) is 5.69 Å². The number of nitrogens with zero attached hydrogens (tertiary/aromatic N) is 3. The van der Waals surface area contributed by atoms with E-state index in [9.17, 15) is 14.4 Å².